The Hall–Kier alpha value is -2.74. The SMILES string of the molecule is CC(F)(F)C(O)(CC(=N)c1cccnc1)Nc1ccc(C=O)cn1. The monoisotopic (exact) mass is 334 g/mol. The van der Waals surface area contributed by atoms with Crippen molar-refractivity contribution in [2.75, 3.05) is 5.32 Å². The number of halogens is 2. The first kappa shape index (κ1) is 17.6. The number of hydrogen-bond donors (Lipinski definition) is 3. The maximum Gasteiger partial charge on any atom is 0.292 e. The van der Waals surface area contributed by atoms with Crippen LogP contribution in [0, 0.1) is 5.41 Å². The van der Waals surface area contributed by atoms with Gasteiger partial charge in [0.1, 0.15) is 5.82 Å². The zero-order valence-corrected chi connectivity index (χ0v) is 12.8. The van der Waals surface area contributed by atoms with Crippen molar-refractivity contribution in [3.63, 3.8) is 0 Å². The van der Waals surface area contributed by atoms with Gasteiger partial charge < -0.3 is 15.8 Å². The molecule has 0 aromatic carbocycles. The van der Waals surface area contributed by atoms with Crippen LogP contribution in [0.25, 0.3) is 0 Å². The molecular formula is C16H16F2N4O2. The molecule has 0 radical (unpaired) electrons. The largest absolute Gasteiger partial charge is 0.366 e. The number of carbonyl (C=O) groups excluding carboxylic acids is 1. The van der Waals surface area contributed by atoms with E-state index in [1.165, 1.54) is 30.7 Å². The summed E-state index contributed by atoms with van der Waals surface area (Å²) in [4.78, 5) is 18.2. The molecule has 2 aromatic heterocycles. The van der Waals surface area contributed by atoms with Crippen LogP contribution in [-0.2, 0) is 0 Å². The molecular weight excluding hydrogens is 318 g/mol. The van der Waals surface area contributed by atoms with Crippen LogP contribution in [0.4, 0.5) is 14.6 Å². The molecule has 1 unspecified atom stereocenters. The maximum absolute atomic E-state index is 14.0. The number of pyridine rings is 2. The zero-order chi connectivity index (χ0) is 17.8. The van der Waals surface area contributed by atoms with E-state index >= 15 is 0 Å². The lowest BCUT2D eigenvalue weighted by Gasteiger charge is -2.35. The van der Waals surface area contributed by atoms with Gasteiger partial charge in [-0.2, -0.15) is 0 Å². The average Bonchev–Trinajstić information content (AvgIpc) is 2.55. The third-order valence-corrected chi connectivity index (χ3v) is 3.43. The van der Waals surface area contributed by atoms with Crippen molar-refractivity contribution in [2.24, 2.45) is 0 Å². The summed E-state index contributed by atoms with van der Waals surface area (Å²) in [6, 6.07) is 5.79. The highest BCUT2D eigenvalue weighted by Crippen LogP contribution is 2.33. The number of rotatable bonds is 7. The third-order valence-electron chi connectivity index (χ3n) is 3.43. The predicted octanol–water partition coefficient (Wildman–Crippen LogP) is 2.50. The topological polar surface area (TPSA) is 99.0 Å². The van der Waals surface area contributed by atoms with Gasteiger partial charge in [0, 0.05) is 48.8 Å². The van der Waals surface area contributed by atoms with Crippen LogP contribution >= 0.6 is 0 Å². The molecule has 0 aliphatic heterocycles. The molecule has 8 heteroatoms. The number of carbonyl (C=O) groups is 1. The Labute approximate surface area is 137 Å². The number of aliphatic hydroxyl groups is 1. The number of alkyl halides is 2. The standard InChI is InChI=1S/C16H16F2N4O2/c1-15(17,18)16(24,7-13(19)12-3-2-6-20-9-12)22-14-5-4-11(10-23)8-21-14/h2-6,8-10,19,24H,7H2,1H3,(H,21,22). The van der Waals surface area contributed by atoms with Gasteiger partial charge in [-0.05, 0) is 18.2 Å². The molecule has 0 spiro atoms. The summed E-state index contributed by atoms with van der Waals surface area (Å²) < 4.78 is 27.9. The average molecular weight is 334 g/mol. The Morgan fingerprint density at radius 1 is 1.38 bits per heavy atom. The van der Waals surface area contributed by atoms with Crippen LogP contribution in [0.1, 0.15) is 29.3 Å². The molecule has 2 aromatic rings. The first-order chi connectivity index (χ1) is 11.2. The van der Waals surface area contributed by atoms with E-state index in [1.807, 2.05) is 0 Å². The molecule has 0 saturated heterocycles. The molecule has 1 atom stereocenters. The van der Waals surface area contributed by atoms with Crippen LogP contribution in [0.3, 0.4) is 0 Å². The van der Waals surface area contributed by atoms with Gasteiger partial charge in [-0.3, -0.25) is 9.78 Å². The van der Waals surface area contributed by atoms with E-state index in [0.29, 0.717) is 18.8 Å². The highest BCUT2D eigenvalue weighted by Gasteiger charge is 2.50. The summed E-state index contributed by atoms with van der Waals surface area (Å²) in [5, 5.41) is 20.6. The Bertz CT molecular complexity index is 717. The van der Waals surface area contributed by atoms with E-state index in [4.69, 9.17) is 5.41 Å². The number of nitrogens with zero attached hydrogens (tertiary/aromatic N) is 2. The van der Waals surface area contributed by atoms with Crippen LogP contribution in [0.5, 0.6) is 0 Å². The van der Waals surface area contributed by atoms with Crippen molar-refractivity contribution < 1.29 is 18.7 Å². The Balaban J connectivity index is 2.25. The quantitative estimate of drug-likeness (QED) is 0.410. The molecule has 0 amide bonds. The van der Waals surface area contributed by atoms with Gasteiger partial charge in [0.25, 0.3) is 5.92 Å². The first-order valence-electron chi connectivity index (χ1n) is 7.02. The normalized spacial score (nSPS) is 13.8. The third kappa shape index (κ3) is 3.96. The first-order valence-corrected chi connectivity index (χ1v) is 7.02. The number of aromatic nitrogens is 2. The minimum atomic E-state index is -3.56. The fraction of sp³-hybridized carbons (Fsp3) is 0.250. The van der Waals surface area contributed by atoms with Crippen LogP contribution in [-0.4, -0.2) is 38.7 Å². The molecule has 0 bridgehead atoms. The predicted molar refractivity (Wildman–Crippen MR) is 84.5 cm³/mol. The molecule has 0 aliphatic carbocycles. The fourth-order valence-electron chi connectivity index (χ4n) is 1.97. The van der Waals surface area contributed by atoms with E-state index in [1.54, 1.807) is 12.1 Å². The molecule has 0 aliphatic rings. The number of hydrogen-bond acceptors (Lipinski definition) is 6. The minimum absolute atomic E-state index is 0.0383. The highest BCUT2D eigenvalue weighted by molar-refractivity contribution is 5.98. The van der Waals surface area contributed by atoms with Crippen LogP contribution in [0.2, 0.25) is 0 Å². The lowest BCUT2D eigenvalue weighted by molar-refractivity contribution is -0.148. The molecule has 24 heavy (non-hydrogen) atoms. The zero-order valence-electron chi connectivity index (χ0n) is 12.8. The molecule has 3 N–H and O–H groups in total. The van der Waals surface area contributed by atoms with Gasteiger partial charge in [-0.25, -0.2) is 13.8 Å². The van der Waals surface area contributed by atoms with Crippen molar-refractivity contribution >= 4 is 17.8 Å². The molecule has 6 nitrogen and oxygen atoms in total. The molecule has 0 fully saturated rings. The summed E-state index contributed by atoms with van der Waals surface area (Å²) in [6.07, 6.45) is 3.94. The molecule has 126 valence electrons. The van der Waals surface area contributed by atoms with Gasteiger partial charge in [0.15, 0.2) is 6.29 Å². The van der Waals surface area contributed by atoms with Gasteiger partial charge in [0.2, 0.25) is 5.72 Å². The maximum atomic E-state index is 14.0. The Morgan fingerprint density at radius 2 is 2.12 bits per heavy atom. The van der Waals surface area contributed by atoms with Crippen LogP contribution in [0.15, 0.2) is 42.9 Å². The van der Waals surface area contributed by atoms with Gasteiger partial charge >= 0.3 is 0 Å². The van der Waals surface area contributed by atoms with E-state index in [0.717, 1.165) is 0 Å². The van der Waals surface area contributed by atoms with Gasteiger partial charge in [-0.15, -0.1) is 0 Å². The van der Waals surface area contributed by atoms with Crippen molar-refractivity contribution in [1.82, 2.24) is 9.97 Å². The fourth-order valence-corrected chi connectivity index (χ4v) is 1.97. The molecule has 2 heterocycles. The lowest BCUT2D eigenvalue weighted by atomic mass is 9.96. The van der Waals surface area contributed by atoms with Crippen molar-refractivity contribution in [3.05, 3.63) is 54.0 Å². The van der Waals surface area contributed by atoms with Gasteiger partial charge in [0.05, 0.1) is 0 Å². The van der Waals surface area contributed by atoms with Crippen LogP contribution < -0.4 is 5.32 Å². The Morgan fingerprint density at radius 3 is 2.62 bits per heavy atom. The molecule has 0 saturated carbocycles. The summed E-state index contributed by atoms with van der Waals surface area (Å²) >= 11 is 0. The summed E-state index contributed by atoms with van der Waals surface area (Å²) in [6.45, 7) is 0.552. The second kappa shape index (κ2) is 6.79. The number of aldehydes is 1. The van der Waals surface area contributed by atoms with Crippen molar-refractivity contribution in [2.45, 2.75) is 25.0 Å². The second-order valence-electron chi connectivity index (χ2n) is 5.37. The molecule has 2 rings (SSSR count). The highest BCUT2D eigenvalue weighted by atomic mass is 19.3. The number of anilines is 1. The second-order valence-corrected chi connectivity index (χ2v) is 5.37. The summed E-state index contributed by atoms with van der Waals surface area (Å²) in [5.41, 5.74) is -2.33. The summed E-state index contributed by atoms with van der Waals surface area (Å²) in [7, 11) is 0. The van der Waals surface area contributed by atoms with Crippen molar-refractivity contribution in [1.29, 1.82) is 5.41 Å². The van der Waals surface area contributed by atoms with Crippen molar-refractivity contribution in [3.8, 4) is 0 Å². The Kier molecular flexibility index (Phi) is 4.99. The number of nitrogens with one attached hydrogen (secondary N) is 2. The van der Waals surface area contributed by atoms with E-state index in [2.05, 4.69) is 15.3 Å². The van der Waals surface area contributed by atoms with E-state index in [-0.39, 0.29) is 17.1 Å². The lowest BCUT2D eigenvalue weighted by Crippen LogP contribution is -2.54. The van der Waals surface area contributed by atoms with E-state index < -0.39 is 18.1 Å². The van der Waals surface area contributed by atoms with E-state index in [9.17, 15) is 18.7 Å². The van der Waals surface area contributed by atoms with Gasteiger partial charge in [-0.1, -0.05) is 6.07 Å². The smallest absolute Gasteiger partial charge is 0.292 e. The minimum Gasteiger partial charge on any atom is -0.366 e. The summed E-state index contributed by atoms with van der Waals surface area (Å²) in [5.74, 6) is -3.60.